The number of hydrogen-bond donors (Lipinski definition) is 1. The molecule has 19 heavy (non-hydrogen) atoms. The molecule has 0 aliphatic carbocycles. The van der Waals surface area contributed by atoms with Gasteiger partial charge in [-0.15, -0.1) is 0 Å². The highest BCUT2D eigenvalue weighted by Gasteiger charge is 2.13. The average Bonchev–Trinajstić information content (AvgIpc) is 2.35. The first-order chi connectivity index (χ1) is 8.95. The summed E-state index contributed by atoms with van der Waals surface area (Å²) >= 11 is 3.22. The van der Waals surface area contributed by atoms with Gasteiger partial charge in [-0.3, -0.25) is 4.79 Å². The summed E-state index contributed by atoms with van der Waals surface area (Å²) in [5, 5.41) is 0. The quantitative estimate of drug-likeness (QED) is 0.604. The number of carbonyl (C=O) groups excluding carboxylic acids is 1. The van der Waals surface area contributed by atoms with Crippen molar-refractivity contribution >= 4 is 31.9 Å². The molecule has 0 saturated carbocycles. The molecule has 0 amide bonds. The van der Waals surface area contributed by atoms with Gasteiger partial charge in [-0.05, 0) is 31.5 Å². The van der Waals surface area contributed by atoms with Crippen LogP contribution in [0.2, 0.25) is 0 Å². The molecule has 0 saturated heterocycles. The molecule has 0 aliphatic heterocycles. The number of carbonyl (C=O) groups is 1. The highest BCUT2D eigenvalue weighted by Crippen LogP contribution is 2.15. The van der Waals surface area contributed by atoms with Crippen LogP contribution in [0.3, 0.4) is 0 Å². The van der Waals surface area contributed by atoms with Gasteiger partial charge in [0.05, 0.1) is 11.5 Å². The van der Waals surface area contributed by atoms with Gasteiger partial charge >= 0.3 is 5.97 Å². The zero-order chi connectivity index (χ0) is 14.3. The van der Waals surface area contributed by atoms with E-state index < -0.39 is 10.0 Å². The van der Waals surface area contributed by atoms with Gasteiger partial charge < -0.3 is 4.74 Å². The summed E-state index contributed by atoms with van der Waals surface area (Å²) in [6.07, 6.45) is 0.612. The van der Waals surface area contributed by atoms with Crippen LogP contribution in [-0.4, -0.2) is 27.5 Å². The highest BCUT2D eigenvalue weighted by atomic mass is 79.9. The minimum Gasteiger partial charge on any atom is -0.466 e. The molecule has 0 aliphatic rings. The van der Waals surface area contributed by atoms with Crippen molar-refractivity contribution in [1.82, 2.24) is 4.72 Å². The smallest absolute Gasteiger partial charge is 0.305 e. The van der Waals surface area contributed by atoms with Gasteiger partial charge in [0, 0.05) is 17.4 Å². The fraction of sp³-hybridized carbons (Fsp3) is 0.417. The molecule has 5 nitrogen and oxygen atoms in total. The van der Waals surface area contributed by atoms with Crippen LogP contribution in [-0.2, 0) is 19.6 Å². The van der Waals surface area contributed by atoms with Crippen LogP contribution in [0.25, 0.3) is 0 Å². The number of halogens is 1. The number of nitrogens with one attached hydrogen (secondary N) is 1. The molecule has 0 atom stereocenters. The van der Waals surface area contributed by atoms with Gasteiger partial charge in [0.2, 0.25) is 10.0 Å². The molecule has 0 unspecified atom stereocenters. The van der Waals surface area contributed by atoms with E-state index >= 15 is 0 Å². The highest BCUT2D eigenvalue weighted by molar-refractivity contribution is 9.10. The van der Waals surface area contributed by atoms with E-state index in [1.165, 1.54) is 12.1 Å². The second-order valence-electron chi connectivity index (χ2n) is 3.76. The third kappa shape index (κ3) is 5.71. The van der Waals surface area contributed by atoms with E-state index in [-0.39, 0.29) is 23.8 Å². The van der Waals surface area contributed by atoms with Crippen LogP contribution in [0.1, 0.15) is 19.8 Å². The molecular formula is C12H16BrNO4S. The van der Waals surface area contributed by atoms with Crippen molar-refractivity contribution in [3.05, 3.63) is 28.7 Å². The minimum atomic E-state index is -3.53. The maximum atomic E-state index is 11.9. The number of rotatable bonds is 7. The Balaban J connectivity index is 2.46. The summed E-state index contributed by atoms with van der Waals surface area (Å²) in [5.41, 5.74) is 0. The fourth-order valence-electron chi connectivity index (χ4n) is 1.39. The van der Waals surface area contributed by atoms with E-state index in [1.807, 2.05) is 0 Å². The first-order valence-electron chi connectivity index (χ1n) is 5.86. The Labute approximate surface area is 121 Å². The summed E-state index contributed by atoms with van der Waals surface area (Å²) in [4.78, 5) is 11.3. The van der Waals surface area contributed by atoms with Gasteiger partial charge in [0.25, 0.3) is 0 Å². The lowest BCUT2D eigenvalue weighted by molar-refractivity contribution is -0.143. The van der Waals surface area contributed by atoms with Crippen LogP contribution in [0.4, 0.5) is 0 Å². The van der Waals surface area contributed by atoms with Crippen molar-refractivity contribution in [2.24, 2.45) is 0 Å². The molecule has 0 fully saturated rings. The molecule has 0 spiro atoms. The number of benzene rings is 1. The molecule has 0 aromatic heterocycles. The molecule has 0 radical (unpaired) electrons. The monoisotopic (exact) mass is 349 g/mol. The first kappa shape index (κ1) is 16.1. The Hall–Kier alpha value is -0.920. The van der Waals surface area contributed by atoms with Crippen molar-refractivity contribution in [2.45, 2.75) is 24.7 Å². The molecule has 1 rings (SSSR count). The third-order valence-electron chi connectivity index (χ3n) is 2.26. The van der Waals surface area contributed by atoms with Crippen molar-refractivity contribution in [3.63, 3.8) is 0 Å². The predicted molar refractivity (Wildman–Crippen MR) is 75.2 cm³/mol. The van der Waals surface area contributed by atoms with Gasteiger partial charge in [0.15, 0.2) is 0 Å². The maximum Gasteiger partial charge on any atom is 0.305 e. The van der Waals surface area contributed by atoms with Crippen molar-refractivity contribution in [2.75, 3.05) is 13.2 Å². The standard InChI is InChI=1S/C12H16BrNO4S/c1-2-18-12(15)7-4-8-14-19(16,17)11-6-3-5-10(13)9-11/h3,5-6,9,14H,2,4,7-8H2,1H3. The lowest BCUT2D eigenvalue weighted by Gasteiger charge is -2.07. The summed E-state index contributed by atoms with van der Waals surface area (Å²) in [5.74, 6) is -0.316. The largest absolute Gasteiger partial charge is 0.466 e. The van der Waals surface area contributed by atoms with Crippen molar-refractivity contribution in [3.8, 4) is 0 Å². The van der Waals surface area contributed by atoms with E-state index in [0.717, 1.165) is 0 Å². The van der Waals surface area contributed by atoms with Gasteiger partial charge in [-0.1, -0.05) is 22.0 Å². The van der Waals surface area contributed by atoms with E-state index in [1.54, 1.807) is 19.1 Å². The van der Waals surface area contributed by atoms with Crippen LogP contribution in [0.5, 0.6) is 0 Å². The zero-order valence-corrected chi connectivity index (χ0v) is 13.0. The summed E-state index contributed by atoms with van der Waals surface area (Å²) in [7, 11) is -3.53. The Morgan fingerprint density at radius 1 is 1.42 bits per heavy atom. The third-order valence-corrected chi connectivity index (χ3v) is 4.21. The van der Waals surface area contributed by atoms with Crippen LogP contribution >= 0.6 is 15.9 Å². The Kier molecular flexibility index (Phi) is 6.47. The molecular weight excluding hydrogens is 334 g/mol. The fourth-order valence-corrected chi connectivity index (χ4v) is 3.06. The normalized spacial score (nSPS) is 11.3. The molecule has 106 valence electrons. The Morgan fingerprint density at radius 3 is 2.79 bits per heavy atom. The van der Waals surface area contributed by atoms with Gasteiger partial charge in [-0.2, -0.15) is 0 Å². The first-order valence-corrected chi connectivity index (χ1v) is 8.14. The maximum absolute atomic E-state index is 11.9. The van der Waals surface area contributed by atoms with Crippen LogP contribution < -0.4 is 4.72 Å². The Bertz CT molecular complexity index is 530. The summed E-state index contributed by atoms with van der Waals surface area (Å²) < 4.78 is 31.7. The van der Waals surface area contributed by atoms with E-state index in [4.69, 9.17) is 4.74 Å². The Morgan fingerprint density at radius 2 is 2.16 bits per heavy atom. The average molecular weight is 350 g/mol. The van der Waals surface area contributed by atoms with Crippen LogP contribution in [0.15, 0.2) is 33.6 Å². The van der Waals surface area contributed by atoms with E-state index in [2.05, 4.69) is 20.7 Å². The molecule has 1 N–H and O–H groups in total. The van der Waals surface area contributed by atoms with E-state index in [0.29, 0.717) is 17.5 Å². The number of esters is 1. The molecule has 1 aromatic carbocycles. The van der Waals surface area contributed by atoms with Gasteiger partial charge in [-0.25, -0.2) is 13.1 Å². The lowest BCUT2D eigenvalue weighted by Crippen LogP contribution is -2.25. The topological polar surface area (TPSA) is 72.5 Å². The van der Waals surface area contributed by atoms with Crippen molar-refractivity contribution < 1.29 is 17.9 Å². The van der Waals surface area contributed by atoms with Crippen molar-refractivity contribution in [1.29, 1.82) is 0 Å². The SMILES string of the molecule is CCOC(=O)CCCNS(=O)(=O)c1cccc(Br)c1. The second-order valence-corrected chi connectivity index (χ2v) is 6.45. The second kappa shape index (κ2) is 7.62. The number of ether oxygens (including phenoxy) is 1. The summed E-state index contributed by atoms with van der Waals surface area (Å²) in [6, 6.07) is 6.43. The lowest BCUT2D eigenvalue weighted by atomic mass is 10.3. The molecule has 7 heteroatoms. The molecule has 0 heterocycles. The molecule has 0 bridgehead atoms. The van der Waals surface area contributed by atoms with Gasteiger partial charge in [0.1, 0.15) is 0 Å². The molecule has 1 aromatic rings. The zero-order valence-electron chi connectivity index (χ0n) is 10.6. The predicted octanol–water partition coefficient (Wildman–Crippen LogP) is 2.07. The number of sulfonamides is 1. The minimum absolute atomic E-state index is 0.193. The number of hydrogen-bond acceptors (Lipinski definition) is 4. The summed E-state index contributed by atoms with van der Waals surface area (Å²) in [6.45, 7) is 2.27. The van der Waals surface area contributed by atoms with Crippen LogP contribution in [0, 0.1) is 0 Å². The van der Waals surface area contributed by atoms with E-state index in [9.17, 15) is 13.2 Å².